The molecule has 0 bridgehead atoms. The van der Waals surface area contributed by atoms with Gasteiger partial charge >= 0.3 is 5.97 Å². The Morgan fingerprint density at radius 3 is 2.47 bits per heavy atom. The lowest BCUT2D eigenvalue weighted by atomic mass is 10.2. The van der Waals surface area contributed by atoms with Gasteiger partial charge in [0.25, 0.3) is 0 Å². The second-order valence-corrected chi connectivity index (χ2v) is 4.96. The fraction of sp³-hybridized carbons (Fsp3) is 0.0714. The van der Waals surface area contributed by atoms with Gasteiger partial charge in [-0.3, -0.25) is 0 Å². The summed E-state index contributed by atoms with van der Waals surface area (Å²) in [7, 11) is 1.33. The van der Waals surface area contributed by atoms with Crippen molar-refractivity contribution < 1.29 is 14.6 Å². The first-order valence-electron chi connectivity index (χ1n) is 5.55. The van der Waals surface area contributed by atoms with Gasteiger partial charge in [0.2, 0.25) is 0 Å². The van der Waals surface area contributed by atoms with Gasteiger partial charge in [-0.2, -0.15) is 0 Å². The van der Waals surface area contributed by atoms with Crippen LogP contribution in [0.2, 0.25) is 0 Å². The number of phenols is 1. The van der Waals surface area contributed by atoms with E-state index in [1.807, 2.05) is 0 Å². The minimum absolute atomic E-state index is 0.221. The van der Waals surface area contributed by atoms with Gasteiger partial charge in [-0.05, 0) is 42.5 Å². The van der Waals surface area contributed by atoms with Gasteiger partial charge in [0, 0.05) is 15.5 Å². The van der Waals surface area contributed by atoms with Gasteiger partial charge in [0.05, 0.1) is 12.7 Å². The van der Waals surface area contributed by atoms with Crippen LogP contribution in [0.1, 0.15) is 10.4 Å². The number of carbonyl (C=O) groups is 1. The maximum Gasteiger partial charge on any atom is 0.337 e. The molecular formula is C14H13NO3S. The highest BCUT2D eigenvalue weighted by molar-refractivity contribution is 7.99. The minimum atomic E-state index is -0.409. The predicted octanol–water partition coefficient (Wildman–Crippen LogP) is 2.91. The Kier molecular flexibility index (Phi) is 3.97. The maximum atomic E-state index is 11.4. The number of hydrogen-bond acceptors (Lipinski definition) is 5. The molecule has 0 saturated heterocycles. The summed E-state index contributed by atoms with van der Waals surface area (Å²) in [6.45, 7) is 0. The van der Waals surface area contributed by atoms with Crippen LogP contribution in [-0.4, -0.2) is 18.2 Å². The number of methoxy groups -OCH3 is 1. The average molecular weight is 275 g/mol. The Morgan fingerprint density at radius 2 is 1.89 bits per heavy atom. The number of benzene rings is 2. The van der Waals surface area contributed by atoms with Crippen molar-refractivity contribution in [2.45, 2.75) is 9.79 Å². The summed E-state index contributed by atoms with van der Waals surface area (Å²) in [6, 6.07) is 11.9. The zero-order chi connectivity index (χ0) is 13.8. The molecule has 98 valence electrons. The zero-order valence-electron chi connectivity index (χ0n) is 10.3. The normalized spacial score (nSPS) is 10.2. The van der Waals surface area contributed by atoms with E-state index < -0.39 is 5.97 Å². The van der Waals surface area contributed by atoms with E-state index in [4.69, 9.17) is 5.73 Å². The maximum absolute atomic E-state index is 11.4. The van der Waals surface area contributed by atoms with Gasteiger partial charge < -0.3 is 15.6 Å². The molecular weight excluding hydrogens is 262 g/mol. The van der Waals surface area contributed by atoms with Crippen molar-refractivity contribution in [3.05, 3.63) is 48.0 Å². The summed E-state index contributed by atoms with van der Waals surface area (Å²) >= 11 is 1.46. The molecule has 19 heavy (non-hydrogen) atoms. The molecule has 0 aliphatic rings. The van der Waals surface area contributed by atoms with E-state index in [-0.39, 0.29) is 5.75 Å². The van der Waals surface area contributed by atoms with Crippen molar-refractivity contribution >= 4 is 23.4 Å². The monoisotopic (exact) mass is 275 g/mol. The molecule has 0 radical (unpaired) electrons. The molecule has 0 amide bonds. The van der Waals surface area contributed by atoms with Gasteiger partial charge in [-0.25, -0.2) is 4.79 Å². The summed E-state index contributed by atoms with van der Waals surface area (Å²) in [4.78, 5) is 13.2. The molecule has 2 aromatic carbocycles. The Morgan fingerprint density at radius 1 is 1.21 bits per heavy atom. The second-order valence-electron chi connectivity index (χ2n) is 3.84. The Labute approximate surface area is 115 Å². The SMILES string of the molecule is COC(=O)c1ccc(Sc2ccc(O)cc2)c(N)c1. The summed E-state index contributed by atoms with van der Waals surface area (Å²) in [6.07, 6.45) is 0. The zero-order valence-corrected chi connectivity index (χ0v) is 11.1. The van der Waals surface area contributed by atoms with Crippen molar-refractivity contribution in [3.8, 4) is 5.75 Å². The van der Waals surface area contributed by atoms with Crippen LogP contribution in [0.3, 0.4) is 0 Å². The number of nitrogen functional groups attached to an aromatic ring is 1. The Hall–Kier alpha value is -2.14. The van der Waals surface area contributed by atoms with Crippen molar-refractivity contribution in [3.63, 3.8) is 0 Å². The molecule has 0 fully saturated rings. The van der Waals surface area contributed by atoms with Crippen LogP contribution in [0.5, 0.6) is 5.75 Å². The highest BCUT2D eigenvalue weighted by atomic mass is 32.2. The molecule has 0 saturated carbocycles. The first-order chi connectivity index (χ1) is 9.10. The third-order valence-corrected chi connectivity index (χ3v) is 3.59. The first kappa shape index (κ1) is 13.3. The molecule has 0 spiro atoms. The number of esters is 1. The number of aromatic hydroxyl groups is 1. The molecule has 0 heterocycles. The van der Waals surface area contributed by atoms with E-state index in [2.05, 4.69) is 4.74 Å². The molecule has 0 aliphatic carbocycles. The number of anilines is 1. The van der Waals surface area contributed by atoms with Crippen LogP contribution in [0, 0.1) is 0 Å². The molecule has 2 rings (SSSR count). The molecule has 3 N–H and O–H groups in total. The number of nitrogens with two attached hydrogens (primary N) is 1. The van der Waals surface area contributed by atoms with Gasteiger partial charge in [0.1, 0.15) is 5.75 Å². The van der Waals surface area contributed by atoms with Gasteiger partial charge in [-0.1, -0.05) is 11.8 Å². The molecule has 0 aliphatic heterocycles. The van der Waals surface area contributed by atoms with Crippen LogP contribution in [-0.2, 0) is 4.74 Å². The lowest BCUT2D eigenvalue weighted by Gasteiger charge is -2.07. The largest absolute Gasteiger partial charge is 0.508 e. The van der Waals surface area contributed by atoms with E-state index in [1.165, 1.54) is 18.9 Å². The lowest BCUT2D eigenvalue weighted by molar-refractivity contribution is 0.0600. The van der Waals surface area contributed by atoms with E-state index >= 15 is 0 Å². The summed E-state index contributed by atoms with van der Waals surface area (Å²) < 4.78 is 4.63. The summed E-state index contributed by atoms with van der Waals surface area (Å²) in [5.74, 6) is -0.189. The third-order valence-electron chi connectivity index (χ3n) is 2.50. The number of hydrogen-bond donors (Lipinski definition) is 2. The number of rotatable bonds is 3. The summed E-state index contributed by atoms with van der Waals surface area (Å²) in [5.41, 5.74) is 6.85. The van der Waals surface area contributed by atoms with E-state index in [0.29, 0.717) is 11.3 Å². The van der Waals surface area contributed by atoms with Crippen molar-refractivity contribution in [2.24, 2.45) is 0 Å². The average Bonchev–Trinajstić information content (AvgIpc) is 2.42. The third kappa shape index (κ3) is 3.20. The standard InChI is InChI=1S/C14H13NO3S/c1-18-14(17)9-2-7-13(12(15)8-9)19-11-5-3-10(16)4-6-11/h2-8,16H,15H2,1H3. The Balaban J connectivity index is 2.22. The number of phenolic OH excluding ortho intramolecular Hbond substituents is 1. The molecule has 2 aromatic rings. The molecule has 4 nitrogen and oxygen atoms in total. The fourth-order valence-corrected chi connectivity index (χ4v) is 2.37. The quantitative estimate of drug-likeness (QED) is 0.665. The van der Waals surface area contributed by atoms with Crippen LogP contribution >= 0.6 is 11.8 Å². The highest BCUT2D eigenvalue weighted by Crippen LogP contribution is 2.33. The molecule has 0 atom stereocenters. The Bertz CT molecular complexity index is 596. The van der Waals surface area contributed by atoms with E-state index in [1.54, 1.807) is 42.5 Å². The van der Waals surface area contributed by atoms with Crippen LogP contribution < -0.4 is 5.73 Å². The minimum Gasteiger partial charge on any atom is -0.508 e. The number of ether oxygens (including phenoxy) is 1. The van der Waals surface area contributed by atoms with Crippen molar-refractivity contribution in [1.82, 2.24) is 0 Å². The molecule has 5 heteroatoms. The lowest BCUT2D eigenvalue weighted by Crippen LogP contribution is -2.02. The molecule has 0 aromatic heterocycles. The van der Waals surface area contributed by atoms with Crippen LogP contribution in [0.25, 0.3) is 0 Å². The first-order valence-corrected chi connectivity index (χ1v) is 6.36. The van der Waals surface area contributed by atoms with Crippen LogP contribution in [0.4, 0.5) is 5.69 Å². The van der Waals surface area contributed by atoms with Crippen LogP contribution in [0.15, 0.2) is 52.3 Å². The van der Waals surface area contributed by atoms with Crippen molar-refractivity contribution in [2.75, 3.05) is 12.8 Å². The highest BCUT2D eigenvalue weighted by Gasteiger charge is 2.09. The smallest absolute Gasteiger partial charge is 0.337 e. The van der Waals surface area contributed by atoms with Gasteiger partial charge in [-0.15, -0.1) is 0 Å². The van der Waals surface area contributed by atoms with Gasteiger partial charge in [0.15, 0.2) is 0 Å². The predicted molar refractivity (Wildman–Crippen MR) is 74.4 cm³/mol. The molecule has 0 unspecified atom stereocenters. The van der Waals surface area contributed by atoms with E-state index in [9.17, 15) is 9.90 Å². The fourth-order valence-electron chi connectivity index (χ4n) is 1.53. The van der Waals surface area contributed by atoms with Crippen molar-refractivity contribution in [1.29, 1.82) is 0 Å². The summed E-state index contributed by atoms with van der Waals surface area (Å²) in [5, 5.41) is 9.22. The topological polar surface area (TPSA) is 72.5 Å². The second kappa shape index (κ2) is 5.67. The number of carbonyl (C=O) groups excluding carboxylic acids is 1. The van der Waals surface area contributed by atoms with E-state index in [0.717, 1.165) is 9.79 Å².